The fourth-order valence-corrected chi connectivity index (χ4v) is 5.07. The summed E-state index contributed by atoms with van der Waals surface area (Å²) in [5, 5.41) is 12.7. The number of amides is 1. The van der Waals surface area contributed by atoms with Crippen molar-refractivity contribution in [2.45, 2.75) is 44.6 Å². The highest BCUT2D eigenvalue weighted by Gasteiger charge is 2.39. The molecule has 2 aromatic rings. The fourth-order valence-electron chi connectivity index (χ4n) is 5.07. The molecule has 8 heteroatoms. The number of ether oxygens (including phenoxy) is 2. The Labute approximate surface area is 202 Å². The van der Waals surface area contributed by atoms with E-state index in [0.29, 0.717) is 42.1 Å². The second kappa shape index (κ2) is 8.62. The number of aliphatic hydroxyl groups is 1. The van der Waals surface area contributed by atoms with Gasteiger partial charge in [0.15, 0.2) is 0 Å². The van der Waals surface area contributed by atoms with Gasteiger partial charge < -0.3 is 19.9 Å². The monoisotopic (exact) mass is 478 g/mol. The molecule has 7 nitrogen and oxygen atoms in total. The van der Waals surface area contributed by atoms with Crippen molar-refractivity contribution in [1.29, 1.82) is 0 Å². The molecule has 1 amide bonds. The van der Waals surface area contributed by atoms with Gasteiger partial charge >= 0.3 is 5.97 Å². The van der Waals surface area contributed by atoms with Crippen molar-refractivity contribution >= 4 is 28.7 Å². The molecule has 0 bridgehead atoms. The van der Waals surface area contributed by atoms with Crippen molar-refractivity contribution in [3.63, 3.8) is 0 Å². The standard InChI is InChI=1S/C27H27FN2O5/c1-27(2)20(12-23(35-27)24-19-9-8-17(28)10-21(19)29-25(24)32)16-6-4-15(5-7-16)13-30-14-18(31)11-22(30)26(33)34-3/h4-10,12,18,22,31H,11,13-14H2,1-3H3,(H,29,32). The van der Waals surface area contributed by atoms with E-state index in [1.807, 2.05) is 49.1 Å². The lowest BCUT2D eigenvalue weighted by molar-refractivity contribution is -0.146. The van der Waals surface area contributed by atoms with E-state index < -0.39 is 23.6 Å². The SMILES string of the molecule is COC(=O)C1CC(O)CN1Cc1ccc(C2=CC(=C3C(=O)Nc4cc(F)ccc43)OC2(C)C)cc1. The van der Waals surface area contributed by atoms with Crippen molar-refractivity contribution < 1.29 is 28.6 Å². The van der Waals surface area contributed by atoms with Crippen molar-refractivity contribution in [2.24, 2.45) is 0 Å². The molecular weight excluding hydrogens is 451 g/mol. The second-order valence-corrected chi connectivity index (χ2v) is 9.61. The van der Waals surface area contributed by atoms with Gasteiger partial charge in [0, 0.05) is 30.6 Å². The normalized spacial score (nSPS) is 25.2. The highest BCUT2D eigenvalue weighted by molar-refractivity contribution is 6.32. The molecule has 35 heavy (non-hydrogen) atoms. The number of hydrogen-bond donors (Lipinski definition) is 2. The Morgan fingerprint density at radius 3 is 2.71 bits per heavy atom. The molecule has 0 radical (unpaired) electrons. The lowest BCUT2D eigenvalue weighted by Crippen LogP contribution is -2.36. The van der Waals surface area contributed by atoms with Gasteiger partial charge in [-0.3, -0.25) is 14.5 Å². The van der Waals surface area contributed by atoms with Gasteiger partial charge in [0.05, 0.1) is 24.5 Å². The second-order valence-electron chi connectivity index (χ2n) is 9.61. The van der Waals surface area contributed by atoms with Crippen LogP contribution < -0.4 is 5.32 Å². The van der Waals surface area contributed by atoms with E-state index in [9.17, 15) is 19.1 Å². The van der Waals surface area contributed by atoms with Gasteiger partial charge in [-0.2, -0.15) is 0 Å². The van der Waals surface area contributed by atoms with E-state index in [-0.39, 0.29) is 11.9 Å². The first kappa shape index (κ1) is 23.3. The first-order valence-corrected chi connectivity index (χ1v) is 11.5. The van der Waals surface area contributed by atoms with Crippen LogP contribution in [0.2, 0.25) is 0 Å². The number of nitrogens with zero attached hydrogens (tertiary/aromatic N) is 1. The van der Waals surface area contributed by atoms with Crippen molar-refractivity contribution in [3.8, 4) is 0 Å². The fraction of sp³-hybridized carbons (Fsp3) is 0.333. The minimum absolute atomic E-state index is 0.322. The van der Waals surface area contributed by atoms with E-state index in [0.717, 1.165) is 16.7 Å². The number of allylic oxidation sites excluding steroid dienone is 1. The molecule has 2 atom stereocenters. The summed E-state index contributed by atoms with van der Waals surface area (Å²) in [6, 6.07) is 11.7. The number of aliphatic hydroxyl groups excluding tert-OH is 1. The van der Waals surface area contributed by atoms with E-state index >= 15 is 0 Å². The van der Waals surface area contributed by atoms with Gasteiger partial charge in [0.25, 0.3) is 5.91 Å². The number of carbonyl (C=O) groups excluding carboxylic acids is 2. The molecule has 1 fully saturated rings. The Kier molecular flexibility index (Phi) is 5.73. The zero-order chi connectivity index (χ0) is 24.9. The third-order valence-electron chi connectivity index (χ3n) is 6.77. The highest BCUT2D eigenvalue weighted by atomic mass is 19.1. The minimum atomic E-state index is -0.679. The van der Waals surface area contributed by atoms with Crippen LogP contribution in [-0.2, 0) is 25.6 Å². The lowest BCUT2D eigenvalue weighted by atomic mass is 9.91. The summed E-state index contributed by atoms with van der Waals surface area (Å²) in [6.07, 6.45) is 1.68. The van der Waals surface area contributed by atoms with Crippen LogP contribution in [0.4, 0.5) is 10.1 Å². The van der Waals surface area contributed by atoms with Gasteiger partial charge in [-0.1, -0.05) is 24.3 Å². The molecule has 182 valence electrons. The summed E-state index contributed by atoms with van der Waals surface area (Å²) in [5.74, 6) is -0.629. The molecule has 0 aliphatic carbocycles. The number of fused-ring (bicyclic) bond motifs is 1. The van der Waals surface area contributed by atoms with Crippen LogP contribution in [0.15, 0.2) is 54.3 Å². The third-order valence-corrected chi connectivity index (χ3v) is 6.77. The maximum atomic E-state index is 13.6. The third kappa shape index (κ3) is 4.24. The van der Waals surface area contributed by atoms with Crippen LogP contribution >= 0.6 is 0 Å². The molecular formula is C27H27FN2O5. The van der Waals surface area contributed by atoms with Crippen LogP contribution in [0.3, 0.4) is 0 Å². The number of carbonyl (C=O) groups is 2. The molecule has 5 rings (SSSR count). The van der Waals surface area contributed by atoms with Crippen LogP contribution in [0.1, 0.15) is 37.0 Å². The number of nitrogens with one attached hydrogen (secondary N) is 1. The molecule has 3 heterocycles. The summed E-state index contributed by atoms with van der Waals surface area (Å²) in [5.41, 5.74) is 3.62. The van der Waals surface area contributed by atoms with Gasteiger partial charge in [-0.15, -0.1) is 0 Å². The first-order chi connectivity index (χ1) is 16.7. The lowest BCUT2D eigenvalue weighted by Gasteiger charge is -2.24. The number of anilines is 1. The van der Waals surface area contributed by atoms with E-state index in [4.69, 9.17) is 9.47 Å². The molecule has 2 N–H and O–H groups in total. The van der Waals surface area contributed by atoms with Crippen molar-refractivity contribution in [2.75, 3.05) is 19.0 Å². The Morgan fingerprint density at radius 1 is 1.26 bits per heavy atom. The van der Waals surface area contributed by atoms with E-state index in [2.05, 4.69) is 5.32 Å². The van der Waals surface area contributed by atoms with Gasteiger partial charge in [-0.05, 0) is 49.2 Å². The van der Waals surface area contributed by atoms with Crippen LogP contribution in [0.5, 0.6) is 0 Å². The summed E-state index contributed by atoms with van der Waals surface area (Å²) in [6.45, 7) is 4.80. The average Bonchev–Trinajstić information content (AvgIpc) is 3.44. The predicted octanol–water partition coefficient (Wildman–Crippen LogP) is 3.49. The Bertz CT molecular complexity index is 1260. The van der Waals surface area contributed by atoms with Crippen molar-refractivity contribution in [1.82, 2.24) is 4.90 Å². The Morgan fingerprint density at radius 2 is 2.00 bits per heavy atom. The topological polar surface area (TPSA) is 88.1 Å². The summed E-state index contributed by atoms with van der Waals surface area (Å²) in [4.78, 5) is 26.7. The van der Waals surface area contributed by atoms with Crippen molar-refractivity contribution in [3.05, 3.63) is 76.8 Å². The molecule has 2 unspecified atom stereocenters. The molecule has 1 saturated heterocycles. The highest BCUT2D eigenvalue weighted by Crippen LogP contribution is 2.44. The summed E-state index contributed by atoms with van der Waals surface area (Å²) in [7, 11) is 1.36. The molecule has 0 saturated carbocycles. The first-order valence-electron chi connectivity index (χ1n) is 11.5. The number of hydrogen-bond acceptors (Lipinski definition) is 6. The van der Waals surface area contributed by atoms with E-state index in [1.165, 1.54) is 19.2 Å². The van der Waals surface area contributed by atoms with Crippen LogP contribution in [0, 0.1) is 5.82 Å². The van der Waals surface area contributed by atoms with Gasteiger partial charge in [-0.25, -0.2) is 4.39 Å². The van der Waals surface area contributed by atoms with Gasteiger partial charge in [0.2, 0.25) is 0 Å². The number of likely N-dealkylation sites (tertiary alicyclic amines) is 1. The minimum Gasteiger partial charge on any atom is -0.482 e. The zero-order valence-electron chi connectivity index (χ0n) is 19.8. The number of rotatable bonds is 4. The van der Waals surface area contributed by atoms with Crippen LogP contribution in [-0.4, -0.2) is 53.3 Å². The summed E-state index contributed by atoms with van der Waals surface area (Å²) < 4.78 is 24.7. The Hall–Kier alpha value is -3.49. The molecule has 0 aromatic heterocycles. The maximum Gasteiger partial charge on any atom is 0.323 e. The summed E-state index contributed by atoms with van der Waals surface area (Å²) >= 11 is 0. The maximum absolute atomic E-state index is 13.6. The average molecular weight is 479 g/mol. The predicted molar refractivity (Wildman–Crippen MR) is 128 cm³/mol. The number of esters is 1. The number of β-amino-alcohol motifs (C(OH)–C–C–N with tert-alkyl or cyclic N) is 1. The largest absolute Gasteiger partial charge is 0.482 e. The quantitative estimate of drug-likeness (QED) is 0.517. The number of methoxy groups -OCH3 is 1. The molecule has 2 aromatic carbocycles. The molecule has 3 aliphatic rings. The Balaban J connectivity index is 1.41. The number of halogens is 1. The number of benzene rings is 2. The van der Waals surface area contributed by atoms with E-state index in [1.54, 1.807) is 6.07 Å². The van der Waals surface area contributed by atoms with Crippen LogP contribution in [0.25, 0.3) is 11.1 Å². The zero-order valence-corrected chi connectivity index (χ0v) is 19.8. The van der Waals surface area contributed by atoms with Gasteiger partial charge in [0.1, 0.15) is 23.2 Å². The smallest absolute Gasteiger partial charge is 0.323 e. The molecule has 0 spiro atoms. The molecule has 3 aliphatic heterocycles.